The average Bonchev–Trinajstić information content (AvgIpc) is 2.74. The molecule has 5 rings (SSSR count). The van der Waals surface area contributed by atoms with E-state index in [1.807, 2.05) is 13.8 Å². The highest BCUT2D eigenvalue weighted by Crippen LogP contribution is 2.53. The van der Waals surface area contributed by atoms with Crippen molar-refractivity contribution >= 4 is 32.5 Å². The third kappa shape index (κ3) is 3.09. The third-order valence-corrected chi connectivity index (χ3v) is 7.56. The fourth-order valence-electron chi connectivity index (χ4n) is 5.13. The van der Waals surface area contributed by atoms with Crippen LogP contribution in [0.15, 0.2) is 34.8 Å². The molecule has 5 N–H and O–H groups in total. The standard InChI is InChI=1S/C27H22BrNO6/c1-10-5-13(30)8-16(31)18(10)23-19-12(6-11(2)29-23)7-14-20(24(19)33)25(34)21-15(27(14,3)4)9-17(32)22(28)26(21)35/h5-9,30-33,35H,1-4H3. The van der Waals surface area contributed by atoms with Crippen LogP contribution in [0.2, 0.25) is 0 Å². The zero-order chi connectivity index (χ0) is 25.6. The van der Waals surface area contributed by atoms with E-state index in [1.54, 1.807) is 26.0 Å². The minimum absolute atomic E-state index is 0.00731. The lowest BCUT2D eigenvalue weighted by Gasteiger charge is -2.35. The van der Waals surface area contributed by atoms with E-state index in [2.05, 4.69) is 20.9 Å². The summed E-state index contributed by atoms with van der Waals surface area (Å²) in [5.74, 6) is -1.84. The lowest BCUT2D eigenvalue weighted by atomic mass is 9.67. The first-order chi connectivity index (χ1) is 16.3. The van der Waals surface area contributed by atoms with Crippen molar-refractivity contribution in [2.45, 2.75) is 33.1 Å². The second-order valence-electron chi connectivity index (χ2n) is 9.45. The second-order valence-corrected chi connectivity index (χ2v) is 10.2. The van der Waals surface area contributed by atoms with Crippen LogP contribution in [0, 0.1) is 13.8 Å². The molecule has 0 fully saturated rings. The Hall–Kier alpha value is -3.78. The predicted molar refractivity (Wildman–Crippen MR) is 135 cm³/mol. The summed E-state index contributed by atoms with van der Waals surface area (Å²) in [6.45, 7) is 7.18. The number of phenolic OH excluding ortho intramolecular Hbond substituents is 5. The fraction of sp³-hybridized carbons (Fsp3) is 0.185. The first-order valence-electron chi connectivity index (χ1n) is 10.8. The number of carbonyl (C=O) groups is 1. The number of phenols is 5. The Balaban J connectivity index is 1.93. The molecule has 0 aliphatic heterocycles. The Morgan fingerprint density at radius 3 is 2.09 bits per heavy atom. The number of hydrogen-bond donors (Lipinski definition) is 5. The van der Waals surface area contributed by atoms with Gasteiger partial charge in [-0.05, 0) is 76.1 Å². The highest BCUT2D eigenvalue weighted by Gasteiger charge is 2.42. The van der Waals surface area contributed by atoms with Gasteiger partial charge in [0, 0.05) is 22.7 Å². The lowest BCUT2D eigenvalue weighted by molar-refractivity contribution is 0.102. The number of hydrogen-bond acceptors (Lipinski definition) is 7. The molecule has 0 saturated heterocycles. The summed E-state index contributed by atoms with van der Waals surface area (Å²) in [5, 5.41) is 54.0. The molecule has 0 radical (unpaired) electrons. The molecule has 0 atom stereocenters. The average molecular weight is 536 g/mol. The van der Waals surface area contributed by atoms with Crippen molar-refractivity contribution in [2.24, 2.45) is 0 Å². The monoisotopic (exact) mass is 535 g/mol. The van der Waals surface area contributed by atoms with E-state index in [0.29, 0.717) is 33.3 Å². The fourth-order valence-corrected chi connectivity index (χ4v) is 5.44. The van der Waals surface area contributed by atoms with E-state index in [-0.39, 0.29) is 49.7 Å². The van der Waals surface area contributed by atoms with Crippen molar-refractivity contribution < 1.29 is 30.3 Å². The molecule has 35 heavy (non-hydrogen) atoms. The Kier molecular flexibility index (Phi) is 4.83. The van der Waals surface area contributed by atoms with E-state index in [4.69, 9.17) is 0 Å². The Bertz CT molecular complexity index is 1600. The van der Waals surface area contributed by atoms with Crippen molar-refractivity contribution in [2.75, 3.05) is 0 Å². The number of nitrogens with zero attached hydrogens (tertiary/aromatic N) is 1. The topological polar surface area (TPSA) is 131 Å². The molecule has 1 aliphatic carbocycles. The minimum atomic E-state index is -0.853. The van der Waals surface area contributed by atoms with Crippen LogP contribution in [0.25, 0.3) is 22.0 Å². The molecule has 0 spiro atoms. The number of aromatic nitrogens is 1. The number of halogens is 1. The van der Waals surface area contributed by atoms with Gasteiger partial charge in [0.15, 0.2) is 0 Å². The maximum atomic E-state index is 13.7. The molecule has 1 heterocycles. The molecule has 0 saturated carbocycles. The normalized spacial score (nSPS) is 14.1. The molecule has 1 aliphatic rings. The summed E-state index contributed by atoms with van der Waals surface area (Å²) in [6, 6.07) is 7.69. The summed E-state index contributed by atoms with van der Waals surface area (Å²) >= 11 is 3.12. The van der Waals surface area contributed by atoms with Crippen LogP contribution < -0.4 is 0 Å². The second kappa shape index (κ2) is 7.36. The molecule has 3 aromatic carbocycles. The summed E-state index contributed by atoms with van der Waals surface area (Å²) in [4.78, 5) is 18.3. The molecule has 7 nitrogen and oxygen atoms in total. The molecule has 8 heteroatoms. The number of rotatable bonds is 1. The van der Waals surface area contributed by atoms with E-state index in [1.165, 1.54) is 18.2 Å². The number of pyridine rings is 1. The number of aromatic hydroxyl groups is 5. The molecule has 1 aromatic heterocycles. The SMILES string of the molecule is Cc1cc2cc3c(c(O)c2c(-c2c(C)cc(O)cc2O)n1)C(=O)c1c(cc(O)c(Br)c1O)C3(C)C. The first kappa shape index (κ1) is 23.0. The van der Waals surface area contributed by atoms with Crippen molar-refractivity contribution in [3.05, 3.63) is 68.3 Å². The van der Waals surface area contributed by atoms with Gasteiger partial charge < -0.3 is 25.5 Å². The van der Waals surface area contributed by atoms with E-state index in [9.17, 15) is 30.3 Å². The maximum Gasteiger partial charge on any atom is 0.201 e. The number of ketones is 1. The van der Waals surface area contributed by atoms with E-state index >= 15 is 0 Å². The quantitative estimate of drug-likeness (QED) is 0.212. The number of aryl methyl sites for hydroxylation is 2. The van der Waals surface area contributed by atoms with Gasteiger partial charge in [0.2, 0.25) is 5.78 Å². The van der Waals surface area contributed by atoms with E-state index < -0.39 is 16.9 Å². The van der Waals surface area contributed by atoms with Crippen LogP contribution in [0.1, 0.15) is 52.2 Å². The summed E-state index contributed by atoms with van der Waals surface area (Å²) in [6.07, 6.45) is 0. The molecular formula is C27H22BrNO6. The van der Waals surface area contributed by atoms with Crippen LogP contribution >= 0.6 is 15.9 Å². The van der Waals surface area contributed by atoms with Gasteiger partial charge in [-0.3, -0.25) is 9.78 Å². The third-order valence-electron chi connectivity index (χ3n) is 6.78. The zero-order valence-electron chi connectivity index (χ0n) is 19.4. The van der Waals surface area contributed by atoms with Crippen molar-refractivity contribution in [3.8, 4) is 40.0 Å². The van der Waals surface area contributed by atoms with Gasteiger partial charge in [-0.2, -0.15) is 0 Å². The summed E-state index contributed by atoms with van der Waals surface area (Å²) < 4.78 is -0.00764. The van der Waals surface area contributed by atoms with Crippen LogP contribution in [0.3, 0.4) is 0 Å². The maximum absolute atomic E-state index is 13.7. The molecule has 0 bridgehead atoms. The largest absolute Gasteiger partial charge is 0.508 e. The van der Waals surface area contributed by atoms with Crippen molar-refractivity contribution in [1.82, 2.24) is 4.98 Å². The van der Waals surface area contributed by atoms with Gasteiger partial charge in [-0.15, -0.1) is 0 Å². The van der Waals surface area contributed by atoms with Crippen LogP contribution in [-0.4, -0.2) is 36.3 Å². The predicted octanol–water partition coefficient (Wildman–Crippen LogP) is 5.68. The minimum Gasteiger partial charge on any atom is -0.508 e. The van der Waals surface area contributed by atoms with Gasteiger partial charge >= 0.3 is 0 Å². The molecule has 0 amide bonds. The van der Waals surface area contributed by atoms with Crippen LogP contribution in [-0.2, 0) is 5.41 Å². The smallest absolute Gasteiger partial charge is 0.201 e. The highest BCUT2D eigenvalue weighted by atomic mass is 79.9. The summed E-state index contributed by atoms with van der Waals surface area (Å²) in [7, 11) is 0. The Labute approximate surface area is 209 Å². The van der Waals surface area contributed by atoms with Crippen molar-refractivity contribution in [3.63, 3.8) is 0 Å². The van der Waals surface area contributed by atoms with Gasteiger partial charge in [0.25, 0.3) is 0 Å². The molecule has 178 valence electrons. The van der Waals surface area contributed by atoms with Gasteiger partial charge in [0.1, 0.15) is 33.2 Å². The number of fused-ring (bicyclic) bond motifs is 3. The molecule has 4 aromatic rings. The van der Waals surface area contributed by atoms with Crippen LogP contribution in [0.5, 0.6) is 28.7 Å². The molecule has 0 unspecified atom stereocenters. The van der Waals surface area contributed by atoms with E-state index in [0.717, 1.165) is 0 Å². The van der Waals surface area contributed by atoms with Crippen LogP contribution in [0.4, 0.5) is 0 Å². The number of benzene rings is 3. The first-order valence-corrected chi connectivity index (χ1v) is 11.6. The summed E-state index contributed by atoms with van der Waals surface area (Å²) in [5.41, 5.74) is 1.87. The van der Waals surface area contributed by atoms with Gasteiger partial charge in [-0.25, -0.2) is 0 Å². The molecular weight excluding hydrogens is 514 g/mol. The van der Waals surface area contributed by atoms with Gasteiger partial charge in [0.05, 0.1) is 22.2 Å². The number of carbonyl (C=O) groups excluding carboxylic acids is 1. The highest BCUT2D eigenvalue weighted by molar-refractivity contribution is 9.10. The van der Waals surface area contributed by atoms with Crippen molar-refractivity contribution in [1.29, 1.82) is 0 Å². The lowest BCUT2D eigenvalue weighted by Crippen LogP contribution is -2.30. The van der Waals surface area contributed by atoms with Gasteiger partial charge in [-0.1, -0.05) is 13.8 Å². The zero-order valence-corrected chi connectivity index (χ0v) is 20.9. The Morgan fingerprint density at radius 1 is 0.800 bits per heavy atom. The Morgan fingerprint density at radius 2 is 1.43 bits per heavy atom.